The summed E-state index contributed by atoms with van der Waals surface area (Å²) >= 11 is 3.13. The molecule has 2 heterocycles. The lowest BCUT2D eigenvalue weighted by atomic mass is 10.0. The number of thiophene rings is 2. The van der Waals surface area contributed by atoms with E-state index in [2.05, 4.69) is 16.8 Å². The molecule has 1 aromatic carbocycles. The Morgan fingerprint density at radius 2 is 1.91 bits per heavy atom. The Balaban J connectivity index is 1.64. The van der Waals surface area contributed by atoms with Gasteiger partial charge < -0.3 is 10.4 Å². The molecular formula is C18H17NO2S2. The maximum absolute atomic E-state index is 12.2. The SMILES string of the molecule is C[C@](O)(CNC(=O)c1ccc(-c2ccsc2)cc1)c1cccs1. The van der Waals surface area contributed by atoms with Gasteiger partial charge in [0.1, 0.15) is 5.60 Å². The van der Waals surface area contributed by atoms with Gasteiger partial charge in [-0.15, -0.1) is 11.3 Å². The van der Waals surface area contributed by atoms with Gasteiger partial charge in [-0.3, -0.25) is 4.79 Å². The van der Waals surface area contributed by atoms with Gasteiger partial charge in [-0.25, -0.2) is 0 Å². The third-order valence-electron chi connectivity index (χ3n) is 3.65. The van der Waals surface area contributed by atoms with Crippen molar-refractivity contribution >= 4 is 28.6 Å². The average Bonchev–Trinajstić information content (AvgIpc) is 3.26. The molecule has 0 spiro atoms. The molecule has 0 aliphatic carbocycles. The zero-order valence-corrected chi connectivity index (χ0v) is 14.3. The second-order valence-corrected chi connectivity index (χ2v) is 7.25. The highest BCUT2D eigenvalue weighted by Crippen LogP contribution is 2.25. The van der Waals surface area contributed by atoms with Crippen molar-refractivity contribution in [2.45, 2.75) is 12.5 Å². The fourth-order valence-corrected chi connectivity index (χ4v) is 3.72. The van der Waals surface area contributed by atoms with Crippen LogP contribution in [-0.2, 0) is 5.60 Å². The largest absolute Gasteiger partial charge is 0.383 e. The van der Waals surface area contributed by atoms with E-state index in [-0.39, 0.29) is 12.5 Å². The molecule has 0 fully saturated rings. The first-order valence-electron chi connectivity index (χ1n) is 7.23. The maximum atomic E-state index is 12.2. The fraction of sp³-hybridized carbons (Fsp3) is 0.167. The minimum absolute atomic E-state index is 0.179. The lowest BCUT2D eigenvalue weighted by Crippen LogP contribution is -2.38. The number of rotatable bonds is 5. The Hall–Kier alpha value is -1.95. The Bertz CT molecular complexity index is 760. The number of benzene rings is 1. The predicted octanol–water partition coefficient (Wildman–Crippen LogP) is 4.11. The number of aliphatic hydroxyl groups is 1. The van der Waals surface area contributed by atoms with Crippen molar-refractivity contribution in [1.82, 2.24) is 5.32 Å². The van der Waals surface area contributed by atoms with Gasteiger partial charge in [0, 0.05) is 10.4 Å². The van der Waals surface area contributed by atoms with Crippen molar-refractivity contribution in [1.29, 1.82) is 0 Å². The van der Waals surface area contributed by atoms with E-state index in [0.717, 1.165) is 16.0 Å². The molecule has 3 aromatic rings. The van der Waals surface area contributed by atoms with E-state index in [1.165, 1.54) is 11.3 Å². The van der Waals surface area contributed by atoms with Gasteiger partial charge in [-0.1, -0.05) is 18.2 Å². The van der Waals surface area contributed by atoms with Gasteiger partial charge in [0.05, 0.1) is 6.54 Å². The normalized spacial score (nSPS) is 13.5. The summed E-state index contributed by atoms with van der Waals surface area (Å²) in [5.41, 5.74) is 1.78. The Labute approximate surface area is 143 Å². The Morgan fingerprint density at radius 3 is 2.52 bits per heavy atom. The molecule has 118 valence electrons. The minimum Gasteiger partial charge on any atom is -0.383 e. The highest BCUT2D eigenvalue weighted by atomic mass is 32.1. The summed E-state index contributed by atoms with van der Waals surface area (Å²) in [6.45, 7) is 1.89. The van der Waals surface area contributed by atoms with Crippen LogP contribution >= 0.6 is 22.7 Å². The minimum atomic E-state index is -1.06. The summed E-state index contributed by atoms with van der Waals surface area (Å²) in [5.74, 6) is -0.182. The Morgan fingerprint density at radius 1 is 1.13 bits per heavy atom. The topological polar surface area (TPSA) is 49.3 Å². The zero-order valence-electron chi connectivity index (χ0n) is 12.7. The van der Waals surface area contributed by atoms with Gasteiger partial charge in [-0.05, 0) is 58.5 Å². The smallest absolute Gasteiger partial charge is 0.251 e. The number of amides is 1. The molecule has 23 heavy (non-hydrogen) atoms. The van der Waals surface area contributed by atoms with Crippen molar-refractivity contribution in [2.24, 2.45) is 0 Å². The second kappa shape index (κ2) is 6.66. The van der Waals surface area contributed by atoms with Crippen LogP contribution in [0.5, 0.6) is 0 Å². The maximum Gasteiger partial charge on any atom is 0.251 e. The van der Waals surface area contributed by atoms with E-state index >= 15 is 0 Å². The van der Waals surface area contributed by atoms with Crippen molar-refractivity contribution < 1.29 is 9.90 Å². The molecule has 0 aliphatic rings. The number of hydrogen-bond acceptors (Lipinski definition) is 4. The molecule has 2 aromatic heterocycles. The lowest BCUT2D eigenvalue weighted by molar-refractivity contribution is 0.0557. The van der Waals surface area contributed by atoms with Gasteiger partial charge in [0.25, 0.3) is 5.91 Å². The van der Waals surface area contributed by atoms with E-state index < -0.39 is 5.60 Å². The van der Waals surface area contributed by atoms with E-state index in [0.29, 0.717) is 5.56 Å². The standard InChI is InChI=1S/C18H17NO2S2/c1-18(21,16-3-2-9-23-16)12-19-17(20)14-6-4-13(5-7-14)15-8-10-22-11-15/h2-11,21H,12H2,1H3,(H,19,20)/t18-/m0/s1. The number of hydrogen-bond donors (Lipinski definition) is 2. The molecule has 3 rings (SSSR count). The summed E-state index contributed by atoms with van der Waals surface area (Å²) in [7, 11) is 0. The first kappa shape index (κ1) is 15.9. The summed E-state index contributed by atoms with van der Waals surface area (Å²) < 4.78 is 0. The quantitative estimate of drug-likeness (QED) is 0.732. The van der Waals surface area contributed by atoms with Crippen LogP contribution < -0.4 is 5.32 Å². The highest BCUT2D eigenvalue weighted by Gasteiger charge is 2.25. The molecule has 0 aliphatic heterocycles. The molecule has 0 unspecified atom stereocenters. The van der Waals surface area contributed by atoms with Crippen LogP contribution in [0.1, 0.15) is 22.2 Å². The molecule has 2 N–H and O–H groups in total. The molecule has 1 amide bonds. The number of carbonyl (C=O) groups excluding carboxylic acids is 1. The third-order valence-corrected chi connectivity index (χ3v) is 5.45. The molecule has 5 heteroatoms. The van der Waals surface area contributed by atoms with E-state index in [9.17, 15) is 9.90 Å². The third kappa shape index (κ3) is 3.69. The molecule has 1 atom stereocenters. The lowest BCUT2D eigenvalue weighted by Gasteiger charge is -2.22. The number of carbonyl (C=O) groups is 1. The molecule has 3 nitrogen and oxygen atoms in total. The van der Waals surface area contributed by atoms with Crippen LogP contribution in [0, 0.1) is 0 Å². The first-order valence-corrected chi connectivity index (χ1v) is 9.06. The van der Waals surface area contributed by atoms with Crippen molar-refractivity contribution in [3.8, 4) is 11.1 Å². The van der Waals surface area contributed by atoms with Crippen LogP contribution in [0.15, 0.2) is 58.6 Å². The van der Waals surface area contributed by atoms with E-state index in [1.54, 1.807) is 18.3 Å². The fourth-order valence-electron chi connectivity index (χ4n) is 2.27. The molecule has 0 saturated heterocycles. The van der Waals surface area contributed by atoms with Crippen LogP contribution in [0.2, 0.25) is 0 Å². The van der Waals surface area contributed by atoms with Crippen LogP contribution in [0.25, 0.3) is 11.1 Å². The Kier molecular flexibility index (Phi) is 4.61. The molecule has 0 saturated carbocycles. The van der Waals surface area contributed by atoms with E-state index in [4.69, 9.17) is 0 Å². The van der Waals surface area contributed by atoms with Crippen LogP contribution in [0.4, 0.5) is 0 Å². The highest BCUT2D eigenvalue weighted by molar-refractivity contribution is 7.10. The zero-order chi connectivity index (χ0) is 16.3. The van der Waals surface area contributed by atoms with Crippen molar-refractivity contribution in [2.75, 3.05) is 6.54 Å². The molecular weight excluding hydrogens is 326 g/mol. The monoisotopic (exact) mass is 343 g/mol. The first-order chi connectivity index (χ1) is 11.1. The van der Waals surface area contributed by atoms with Gasteiger partial charge >= 0.3 is 0 Å². The summed E-state index contributed by atoms with van der Waals surface area (Å²) in [5, 5.41) is 19.3. The van der Waals surface area contributed by atoms with Crippen LogP contribution in [-0.4, -0.2) is 17.6 Å². The molecule has 0 radical (unpaired) electrons. The average molecular weight is 343 g/mol. The predicted molar refractivity (Wildman–Crippen MR) is 96.0 cm³/mol. The van der Waals surface area contributed by atoms with Crippen molar-refractivity contribution in [3.05, 3.63) is 69.0 Å². The summed E-state index contributed by atoms with van der Waals surface area (Å²) in [4.78, 5) is 13.1. The second-order valence-electron chi connectivity index (χ2n) is 5.52. The van der Waals surface area contributed by atoms with E-state index in [1.807, 2.05) is 47.2 Å². The number of nitrogens with one attached hydrogen (secondary N) is 1. The van der Waals surface area contributed by atoms with Gasteiger partial charge in [0.2, 0.25) is 0 Å². The summed E-state index contributed by atoms with van der Waals surface area (Å²) in [6.07, 6.45) is 0. The van der Waals surface area contributed by atoms with Gasteiger partial charge in [0.15, 0.2) is 0 Å². The van der Waals surface area contributed by atoms with Crippen LogP contribution in [0.3, 0.4) is 0 Å². The molecule has 0 bridgehead atoms. The summed E-state index contributed by atoms with van der Waals surface area (Å²) in [6, 6.07) is 13.3. The van der Waals surface area contributed by atoms with Gasteiger partial charge in [-0.2, -0.15) is 11.3 Å². The van der Waals surface area contributed by atoms with Crippen molar-refractivity contribution in [3.63, 3.8) is 0 Å².